The van der Waals surface area contributed by atoms with Gasteiger partial charge in [0.05, 0.1) is 17.3 Å². The van der Waals surface area contributed by atoms with Crippen LogP contribution in [0.4, 0.5) is 38.3 Å². The molecule has 0 saturated heterocycles. The second-order valence-electron chi connectivity index (χ2n) is 7.87. The van der Waals surface area contributed by atoms with Gasteiger partial charge in [-0.1, -0.05) is 11.6 Å². The zero-order valence-electron chi connectivity index (χ0n) is 18.2. The number of anilines is 2. The Morgan fingerprint density at radius 1 is 1.14 bits per heavy atom. The molecule has 1 unspecified atom stereocenters. The number of aromatic nitrogens is 2. The summed E-state index contributed by atoms with van der Waals surface area (Å²) in [7, 11) is 0. The maximum atomic E-state index is 14.1. The lowest BCUT2D eigenvalue weighted by molar-refractivity contribution is -0.137. The van der Waals surface area contributed by atoms with Crippen molar-refractivity contribution in [2.24, 2.45) is 0 Å². The molecule has 0 radical (unpaired) electrons. The first-order valence-electron chi connectivity index (χ1n) is 10.4. The molecule has 3 amide bonds. The first-order valence-corrected chi connectivity index (χ1v) is 11.6. The number of hydrogen-bond donors (Lipinski definition) is 3. The molecule has 2 aromatic carbocycles. The van der Waals surface area contributed by atoms with Gasteiger partial charge in [-0.15, -0.1) is 11.3 Å². The first kappa shape index (κ1) is 24.7. The number of thiazole rings is 1. The fourth-order valence-electron chi connectivity index (χ4n) is 3.92. The molecule has 4 aromatic rings. The Hall–Kier alpha value is -3.97. The van der Waals surface area contributed by atoms with Crippen LogP contribution in [0, 0.1) is 11.6 Å². The van der Waals surface area contributed by atoms with Crippen molar-refractivity contribution in [3.63, 3.8) is 0 Å². The molecule has 14 heteroatoms. The van der Waals surface area contributed by atoms with E-state index in [2.05, 4.69) is 20.9 Å². The van der Waals surface area contributed by atoms with Gasteiger partial charge in [-0.25, -0.2) is 18.6 Å². The Morgan fingerprint density at radius 3 is 2.62 bits per heavy atom. The average molecular weight is 554 g/mol. The number of halogens is 6. The number of benzene rings is 2. The fourth-order valence-corrected chi connectivity index (χ4v) is 4.77. The van der Waals surface area contributed by atoms with Gasteiger partial charge in [0, 0.05) is 39.5 Å². The van der Waals surface area contributed by atoms with Crippen molar-refractivity contribution >= 4 is 46.4 Å². The lowest BCUT2D eigenvalue weighted by Crippen LogP contribution is -2.39. The highest BCUT2D eigenvalue weighted by Gasteiger charge is 2.35. The van der Waals surface area contributed by atoms with Gasteiger partial charge in [-0.3, -0.25) is 14.7 Å². The number of nitrogens with zero attached hydrogens (tertiary/aromatic N) is 2. The first-order chi connectivity index (χ1) is 17.5. The highest BCUT2D eigenvalue weighted by atomic mass is 35.5. The molecule has 1 aliphatic heterocycles. The molecule has 5 rings (SSSR count). The van der Waals surface area contributed by atoms with Crippen LogP contribution in [0.5, 0.6) is 0 Å². The van der Waals surface area contributed by atoms with Gasteiger partial charge in [-0.2, -0.15) is 13.2 Å². The smallest absolute Gasteiger partial charge is 0.327 e. The Morgan fingerprint density at radius 2 is 1.92 bits per heavy atom. The highest BCUT2D eigenvalue weighted by molar-refractivity contribution is 7.12. The molecule has 0 fully saturated rings. The van der Waals surface area contributed by atoms with E-state index in [-0.39, 0.29) is 33.7 Å². The molecule has 0 spiro atoms. The molecule has 0 saturated carbocycles. The Balaban J connectivity index is 1.64. The number of carbonyl (C=O) groups is 2. The third-order valence-corrected chi connectivity index (χ3v) is 6.59. The van der Waals surface area contributed by atoms with Gasteiger partial charge in [0.1, 0.15) is 17.5 Å². The van der Waals surface area contributed by atoms with E-state index in [0.717, 1.165) is 12.1 Å². The van der Waals surface area contributed by atoms with Gasteiger partial charge >= 0.3 is 12.2 Å². The van der Waals surface area contributed by atoms with Crippen LogP contribution in [0.25, 0.3) is 5.13 Å². The van der Waals surface area contributed by atoms with Gasteiger partial charge in [-0.05, 0) is 36.4 Å². The zero-order chi connectivity index (χ0) is 26.5. The molecule has 190 valence electrons. The largest absolute Gasteiger partial charge is 0.416 e. The molecule has 2 aromatic heterocycles. The molecule has 0 aliphatic carbocycles. The highest BCUT2D eigenvalue weighted by Crippen LogP contribution is 2.43. The predicted molar refractivity (Wildman–Crippen MR) is 126 cm³/mol. The van der Waals surface area contributed by atoms with Crippen molar-refractivity contribution in [1.29, 1.82) is 0 Å². The molecule has 0 bridgehead atoms. The van der Waals surface area contributed by atoms with E-state index in [1.165, 1.54) is 34.4 Å². The van der Waals surface area contributed by atoms with E-state index >= 15 is 0 Å². The molecule has 37 heavy (non-hydrogen) atoms. The van der Waals surface area contributed by atoms with E-state index in [9.17, 15) is 31.5 Å². The van der Waals surface area contributed by atoms with Crippen LogP contribution in [0.3, 0.4) is 0 Å². The van der Waals surface area contributed by atoms with E-state index in [0.29, 0.717) is 17.3 Å². The minimum atomic E-state index is -4.88. The Kier molecular flexibility index (Phi) is 6.12. The topological polar surface area (TPSA) is 88.1 Å². The van der Waals surface area contributed by atoms with Crippen molar-refractivity contribution in [3.05, 3.63) is 93.1 Å². The van der Waals surface area contributed by atoms with Crippen LogP contribution >= 0.6 is 22.9 Å². The van der Waals surface area contributed by atoms with Crippen LogP contribution in [0.2, 0.25) is 5.02 Å². The molecule has 3 heterocycles. The van der Waals surface area contributed by atoms with Gasteiger partial charge in [0.2, 0.25) is 0 Å². The quantitative estimate of drug-likeness (QED) is 0.257. The Bertz CT molecular complexity index is 1540. The van der Waals surface area contributed by atoms with Crippen LogP contribution in [-0.2, 0) is 6.18 Å². The van der Waals surface area contributed by atoms with Crippen LogP contribution < -0.4 is 16.0 Å². The van der Waals surface area contributed by atoms with Crippen LogP contribution in [-0.4, -0.2) is 21.5 Å². The van der Waals surface area contributed by atoms with Crippen molar-refractivity contribution in [1.82, 2.24) is 14.9 Å². The molecule has 1 atom stereocenters. The van der Waals surface area contributed by atoms with Gasteiger partial charge < -0.3 is 10.6 Å². The van der Waals surface area contributed by atoms with Crippen LogP contribution in [0.1, 0.15) is 33.1 Å². The normalized spacial score (nSPS) is 15.1. The number of rotatable bonds is 4. The van der Waals surface area contributed by atoms with Gasteiger partial charge in [0.15, 0.2) is 5.13 Å². The molecule has 3 N–H and O–H groups in total. The van der Waals surface area contributed by atoms with Crippen molar-refractivity contribution < 1.29 is 31.5 Å². The lowest BCUT2D eigenvalue weighted by atomic mass is 9.97. The number of nitrogens with one attached hydrogen (secondary N) is 3. The van der Waals surface area contributed by atoms with E-state index in [1.807, 2.05) is 0 Å². The summed E-state index contributed by atoms with van der Waals surface area (Å²) in [6, 6.07) is 3.26. The standard InChI is InChI=1S/C23H13ClF5N5O2S/c24-15-2-1-12(25)8-14(15)18-17-16(9-34(22-30-3-4-37-22)19(17)33-21(36)32-18)31-20(35)10-5-11(23(27,28)29)7-13(26)6-10/h1-9,18H,(H,31,35)(H2,32,33,36). The number of alkyl halides is 3. The van der Waals surface area contributed by atoms with Crippen LogP contribution in [0.15, 0.2) is 54.2 Å². The fraction of sp³-hybridized carbons (Fsp3) is 0.0870. The van der Waals surface area contributed by atoms with Crippen molar-refractivity contribution in [2.45, 2.75) is 12.2 Å². The number of hydrogen-bond acceptors (Lipinski definition) is 4. The molecular weight excluding hydrogens is 541 g/mol. The zero-order valence-corrected chi connectivity index (χ0v) is 19.7. The van der Waals surface area contributed by atoms with Crippen molar-refractivity contribution in [3.8, 4) is 5.13 Å². The lowest BCUT2D eigenvalue weighted by Gasteiger charge is -2.27. The summed E-state index contributed by atoms with van der Waals surface area (Å²) in [4.78, 5) is 29.7. The summed E-state index contributed by atoms with van der Waals surface area (Å²) in [5.41, 5.74) is -1.50. The summed E-state index contributed by atoms with van der Waals surface area (Å²) < 4.78 is 69.0. The number of amides is 3. The molecular formula is C23H13ClF5N5O2S. The second-order valence-corrected chi connectivity index (χ2v) is 9.15. The summed E-state index contributed by atoms with van der Waals surface area (Å²) in [5, 5.41) is 9.85. The average Bonchev–Trinajstić information content (AvgIpc) is 3.47. The number of carbonyl (C=O) groups excluding carboxylic acids is 2. The second kappa shape index (κ2) is 9.16. The predicted octanol–water partition coefficient (Wildman–Crippen LogP) is 6.36. The van der Waals surface area contributed by atoms with Gasteiger partial charge in [0.25, 0.3) is 5.91 Å². The third-order valence-electron chi connectivity index (χ3n) is 5.47. The maximum absolute atomic E-state index is 14.1. The van der Waals surface area contributed by atoms with E-state index < -0.39 is 46.9 Å². The third kappa shape index (κ3) is 4.74. The summed E-state index contributed by atoms with van der Waals surface area (Å²) in [5.74, 6) is -2.78. The number of fused-ring (bicyclic) bond motifs is 1. The Labute approximate surface area is 213 Å². The summed E-state index contributed by atoms with van der Waals surface area (Å²) >= 11 is 7.49. The minimum absolute atomic E-state index is 0.0332. The minimum Gasteiger partial charge on any atom is -0.327 e. The molecule has 7 nitrogen and oxygen atoms in total. The monoisotopic (exact) mass is 553 g/mol. The summed E-state index contributed by atoms with van der Waals surface area (Å²) in [6.07, 6.45) is -1.99. The van der Waals surface area contributed by atoms with Crippen molar-refractivity contribution in [2.75, 3.05) is 10.6 Å². The maximum Gasteiger partial charge on any atom is 0.416 e. The SMILES string of the molecule is O=C1Nc2c(c(NC(=O)c3cc(F)cc(C(F)(F)F)c3)cn2-c2nccs2)C(c2cc(F)ccc2Cl)N1. The summed E-state index contributed by atoms with van der Waals surface area (Å²) in [6.45, 7) is 0. The van der Waals surface area contributed by atoms with E-state index in [1.54, 1.807) is 5.38 Å². The number of urea groups is 1. The molecule has 1 aliphatic rings. The van der Waals surface area contributed by atoms with E-state index in [4.69, 9.17) is 11.6 Å².